The van der Waals surface area contributed by atoms with Crippen molar-refractivity contribution in [1.82, 2.24) is 19.7 Å². The fourth-order valence-electron chi connectivity index (χ4n) is 12.9. The van der Waals surface area contributed by atoms with Gasteiger partial charge in [0.05, 0.1) is 96.3 Å². The summed E-state index contributed by atoms with van der Waals surface area (Å²) in [6.45, 7) is 19.1. The zero-order valence-electron chi connectivity index (χ0n) is 50.8. The Morgan fingerprint density at radius 1 is 0.893 bits per heavy atom. The molecule has 3 N–H and O–H groups in total. The summed E-state index contributed by atoms with van der Waals surface area (Å²) in [6.07, 6.45) is -6.82. The zero-order chi connectivity index (χ0) is 61.7. The highest BCUT2D eigenvalue weighted by Crippen LogP contribution is 2.45. The fraction of sp³-hybridized carbons (Fsp3) is 0.729. The van der Waals surface area contributed by atoms with Crippen LogP contribution in [0.5, 0.6) is 11.5 Å². The molecule has 1 aromatic carbocycles. The summed E-state index contributed by atoms with van der Waals surface area (Å²) in [5.41, 5.74) is -3.75. The lowest BCUT2D eigenvalue weighted by atomic mass is 9.73. The van der Waals surface area contributed by atoms with Gasteiger partial charge in [-0.25, -0.2) is 9.59 Å². The SMILES string of the molecule is CC[C@H]1OC(=O)[C@H](C)[C@@H](O[C@H]2C[C@@](C)(OC)[C@@H](O)[C@H](C)O2)[C@H](C)[C@@H](O[C@@H]2O[C@H](C)C[C@H](N(C)C(=O)N3CCOCC3)[C@H]2O)[C@](C)(OC)C[C@@H](C)C(=O)[C@H](C)[C@H]2N(CCCOc3cc(C(=O)Nc4c(Cl)cncc4Cl)ccc3OC)C(=O)O[C@]12C. The molecule has 0 unspecified atom stereocenters. The number of fused-ring (bicyclic) bond motifs is 1. The highest BCUT2D eigenvalue weighted by molar-refractivity contribution is 6.39. The van der Waals surface area contributed by atoms with Gasteiger partial charge in [0, 0.05) is 83.0 Å². The van der Waals surface area contributed by atoms with Crippen molar-refractivity contribution in [2.75, 3.05) is 73.1 Å². The second kappa shape index (κ2) is 28.0. The fourth-order valence-corrected chi connectivity index (χ4v) is 13.4. The Morgan fingerprint density at radius 3 is 2.19 bits per heavy atom. The molecule has 5 aliphatic heterocycles. The van der Waals surface area contributed by atoms with Gasteiger partial charge in [-0.15, -0.1) is 0 Å². The minimum Gasteiger partial charge on any atom is -0.493 e. The average molecular weight is 1230 g/mol. The third-order valence-corrected chi connectivity index (χ3v) is 18.4. The summed E-state index contributed by atoms with van der Waals surface area (Å²) in [7, 11) is 6.07. The van der Waals surface area contributed by atoms with Crippen LogP contribution in [-0.2, 0) is 52.2 Å². The molecule has 7 rings (SSSR count). The number of ether oxygens (including phenoxy) is 11. The maximum Gasteiger partial charge on any atom is 0.410 e. The van der Waals surface area contributed by atoms with Crippen molar-refractivity contribution in [2.45, 2.75) is 186 Å². The third-order valence-electron chi connectivity index (χ3n) is 17.9. The van der Waals surface area contributed by atoms with Crippen LogP contribution in [0.4, 0.5) is 15.3 Å². The molecular formula is C59H87Cl2N5O18. The number of benzene rings is 1. The van der Waals surface area contributed by atoms with E-state index >= 15 is 9.59 Å². The quantitative estimate of drug-likeness (QED) is 0.111. The van der Waals surface area contributed by atoms with Gasteiger partial charge in [0.2, 0.25) is 0 Å². The van der Waals surface area contributed by atoms with Crippen LogP contribution >= 0.6 is 23.2 Å². The molecule has 6 heterocycles. The number of Topliss-reactive ketones (excluding diaryl/α,β-unsaturated/α-hetero) is 1. The van der Waals surface area contributed by atoms with Crippen molar-refractivity contribution in [2.24, 2.45) is 23.7 Å². The summed E-state index contributed by atoms with van der Waals surface area (Å²) in [4.78, 5) is 80.9. The van der Waals surface area contributed by atoms with E-state index in [2.05, 4.69) is 10.3 Å². The number of aromatic nitrogens is 1. The number of carbonyl (C=O) groups is 5. The smallest absolute Gasteiger partial charge is 0.410 e. The first-order chi connectivity index (χ1) is 39.7. The summed E-state index contributed by atoms with van der Waals surface area (Å²) in [6, 6.07) is 2.58. The first kappa shape index (κ1) is 66.9. The van der Waals surface area contributed by atoms with Gasteiger partial charge < -0.3 is 82.3 Å². The zero-order valence-corrected chi connectivity index (χ0v) is 52.3. The van der Waals surface area contributed by atoms with Crippen molar-refractivity contribution in [3.63, 3.8) is 0 Å². The second-order valence-corrected chi connectivity index (χ2v) is 24.5. The molecule has 18 atom stereocenters. The highest BCUT2D eigenvalue weighted by Gasteiger charge is 2.61. The Balaban J connectivity index is 1.22. The van der Waals surface area contributed by atoms with Crippen LogP contribution in [-0.4, -0.2) is 212 Å². The number of nitrogens with one attached hydrogen (secondary N) is 1. The monoisotopic (exact) mass is 1220 g/mol. The number of amides is 4. The number of ketones is 1. The number of aliphatic hydroxyl groups excluding tert-OH is 2. The highest BCUT2D eigenvalue weighted by atomic mass is 35.5. The molecule has 0 aliphatic carbocycles. The molecule has 2 aromatic rings. The van der Waals surface area contributed by atoms with E-state index in [1.165, 1.54) is 49.6 Å². The molecular weight excluding hydrogens is 1140 g/mol. The molecule has 470 valence electrons. The van der Waals surface area contributed by atoms with Gasteiger partial charge in [0.1, 0.15) is 24.1 Å². The number of anilines is 1. The number of morpholine rings is 1. The molecule has 23 nitrogen and oxygen atoms in total. The number of rotatable bonds is 16. The lowest BCUT2D eigenvalue weighted by Gasteiger charge is -2.50. The van der Waals surface area contributed by atoms with Crippen LogP contribution in [0.1, 0.15) is 112 Å². The van der Waals surface area contributed by atoms with Crippen LogP contribution in [0, 0.1) is 23.7 Å². The molecule has 0 spiro atoms. The van der Waals surface area contributed by atoms with Crippen LogP contribution in [0.25, 0.3) is 0 Å². The normalized spacial score (nSPS) is 36.2. The summed E-state index contributed by atoms with van der Waals surface area (Å²) >= 11 is 12.5. The number of likely N-dealkylation sites (N-methyl/N-ethyl adjacent to an activating group) is 1. The number of cyclic esters (lactones) is 1. The first-order valence-electron chi connectivity index (χ1n) is 29.0. The lowest BCUT2D eigenvalue weighted by Crippen LogP contribution is -2.63. The molecule has 1 aromatic heterocycles. The molecule has 4 amide bonds. The number of carbonyl (C=O) groups excluding carboxylic acids is 5. The molecule has 5 fully saturated rings. The van der Waals surface area contributed by atoms with E-state index in [1.54, 1.807) is 79.5 Å². The van der Waals surface area contributed by atoms with Gasteiger partial charge in [-0.3, -0.25) is 19.4 Å². The summed E-state index contributed by atoms with van der Waals surface area (Å²) in [5, 5.41) is 26.6. The van der Waals surface area contributed by atoms with Crippen LogP contribution < -0.4 is 14.8 Å². The number of hydrogen-bond donors (Lipinski definition) is 3. The van der Waals surface area contributed by atoms with Crippen molar-refractivity contribution >= 4 is 58.7 Å². The van der Waals surface area contributed by atoms with Gasteiger partial charge in [0.25, 0.3) is 5.91 Å². The van der Waals surface area contributed by atoms with E-state index in [0.29, 0.717) is 32.1 Å². The molecule has 0 radical (unpaired) electrons. The van der Waals surface area contributed by atoms with Crippen molar-refractivity contribution in [3.8, 4) is 11.5 Å². The standard InChI is InChI=1S/C59H87Cl2N5O18/c1-15-43-59(10)49(66(56(73)84-59)19-16-22-78-42-26-37(17-18-41(42)74-12)52(70)63-45-38(60)29-62-30-39(45)61)33(4)46(67)31(2)27-58(9,76-14)51(83-54-47(68)40(25-32(3)79-54)64(11)55(72)65-20-23-77-24-21-65)34(5)48(35(6)53(71)81-43)82-44-28-57(8,75-13)50(69)36(7)80-44/h17-18,26,29-36,40,43-44,47-51,54,68-69H,15-16,19-25,27-28H2,1-14H3,(H,62,63,70)/t31-,32-,33+,34+,35-,36+,40+,43-,44+,47-,48+,49-,50+,51-,54+,57-,58-,59-/m1/s1. The molecule has 5 saturated heterocycles. The van der Waals surface area contributed by atoms with E-state index in [0.717, 1.165) is 0 Å². The Morgan fingerprint density at radius 2 is 1.56 bits per heavy atom. The third kappa shape index (κ3) is 14.2. The summed E-state index contributed by atoms with van der Waals surface area (Å²) in [5.74, 6) is -4.69. The van der Waals surface area contributed by atoms with Gasteiger partial charge in [0.15, 0.2) is 29.7 Å². The van der Waals surface area contributed by atoms with E-state index in [-0.39, 0.29) is 84.1 Å². The molecule has 5 aliphatic rings. The molecule has 0 saturated carbocycles. The van der Waals surface area contributed by atoms with Crippen molar-refractivity contribution in [3.05, 3.63) is 46.2 Å². The van der Waals surface area contributed by atoms with E-state index in [4.69, 9.17) is 75.3 Å². The first-order valence-corrected chi connectivity index (χ1v) is 29.8. The topological polar surface area (TPSA) is 262 Å². The predicted molar refractivity (Wildman–Crippen MR) is 307 cm³/mol. The number of esters is 1. The average Bonchev–Trinajstić information content (AvgIpc) is 2.16. The van der Waals surface area contributed by atoms with Crippen LogP contribution in [0.15, 0.2) is 30.6 Å². The van der Waals surface area contributed by atoms with Gasteiger partial charge in [-0.05, 0) is 85.4 Å². The van der Waals surface area contributed by atoms with Gasteiger partial charge in [-0.1, -0.05) is 50.9 Å². The Bertz CT molecular complexity index is 2620. The molecule has 84 heavy (non-hydrogen) atoms. The number of hydrogen-bond acceptors (Lipinski definition) is 19. The van der Waals surface area contributed by atoms with E-state index < -0.39 is 126 Å². The second-order valence-electron chi connectivity index (χ2n) is 23.7. The van der Waals surface area contributed by atoms with Crippen LogP contribution in [0.2, 0.25) is 10.0 Å². The number of methoxy groups -OCH3 is 3. The Kier molecular flexibility index (Phi) is 22.3. The minimum absolute atomic E-state index is 0.0115. The lowest BCUT2D eigenvalue weighted by molar-refractivity contribution is -0.319. The predicted octanol–water partition coefficient (Wildman–Crippen LogP) is 7.16. The number of aliphatic hydroxyl groups is 2. The maximum absolute atomic E-state index is 15.4. The van der Waals surface area contributed by atoms with Crippen LogP contribution in [0.3, 0.4) is 0 Å². The Labute approximate surface area is 502 Å². The number of nitrogens with zero attached hydrogens (tertiary/aromatic N) is 4. The summed E-state index contributed by atoms with van der Waals surface area (Å²) < 4.78 is 69.3. The number of pyridine rings is 1. The van der Waals surface area contributed by atoms with Gasteiger partial charge in [-0.2, -0.15) is 0 Å². The number of halogens is 2. The maximum atomic E-state index is 15.4. The molecule has 25 heteroatoms. The molecule has 0 bridgehead atoms. The Hall–Kier alpha value is -4.66. The van der Waals surface area contributed by atoms with Gasteiger partial charge >= 0.3 is 18.1 Å². The number of urea groups is 1. The minimum atomic E-state index is -1.58. The largest absolute Gasteiger partial charge is 0.493 e. The van der Waals surface area contributed by atoms with Crippen molar-refractivity contribution < 1.29 is 86.3 Å². The van der Waals surface area contributed by atoms with Crippen molar-refractivity contribution in [1.29, 1.82) is 0 Å². The van der Waals surface area contributed by atoms with E-state index in [1.807, 2.05) is 13.8 Å². The van der Waals surface area contributed by atoms with E-state index in [9.17, 15) is 24.6 Å².